The van der Waals surface area contributed by atoms with Crippen LogP contribution in [0.1, 0.15) is 28.8 Å². The molecule has 0 fully saturated rings. The van der Waals surface area contributed by atoms with E-state index >= 15 is 0 Å². The van der Waals surface area contributed by atoms with E-state index in [1.807, 2.05) is 32.3 Å². The van der Waals surface area contributed by atoms with Crippen molar-refractivity contribution in [3.05, 3.63) is 59.4 Å². The summed E-state index contributed by atoms with van der Waals surface area (Å²) in [5, 5.41) is 3.40. The summed E-state index contributed by atoms with van der Waals surface area (Å²) in [6, 6.07) is 12.7. The molecule has 2 unspecified atom stereocenters. The molecule has 3 nitrogen and oxygen atoms in total. The lowest BCUT2D eigenvalue weighted by Gasteiger charge is -2.22. The number of ether oxygens (including phenoxy) is 1. The van der Waals surface area contributed by atoms with Gasteiger partial charge in [-0.1, -0.05) is 24.3 Å². The largest absolute Gasteiger partial charge is 0.493 e. The molecule has 0 bridgehead atoms. The Bertz CT molecular complexity index is 565. The molecule has 2 heterocycles. The number of likely N-dealkylation sites (N-methyl/N-ethyl adjacent to an activating group) is 1. The molecule has 1 aliphatic heterocycles. The van der Waals surface area contributed by atoms with Crippen LogP contribution in [0, 0.1) is 6.92 Å². The molecule has 3 heteroatoms. The Morgan fingerprint density at radius 3 is 2.84 bits per heavy atom. The number of nitrogens with one attached hydrogen (secondary N) is 1. The van der Waals surface area contributed by atoms with E-state index in [4.69, 9.17) is 4.74 Å². The van der Waals surface area contributed by atoms with Crippen LogP contribution in [0.3, 0.4) is 0 Å². The van der Waals surface area contributed by atoms with Crippen LogP contribution in [0.4, 0.5) is 0 Å². The molecule has 19 heavy (non-hydrogen) atoms. The maximum atomic E-state index is 5.78. The van der Waals surface area contributed by atoms with Gasteiger partial charge in [0, 0.05) is 29.4 Å². The number of pyridine rings is 1. The minimum absolute atomic E-state index is 0.233. The summed E-state index contributed by atoms with van der Waals surface area (Å²) >= 11 is 0. The van der Waals surface area contributed by atoms with Gasteiger partial charge in [-0.15, -0.1) is 0 Å². The molecule has 0 saturated heterocycles. The molecule has 0 radical (unpaired) electrons. The highest BCUT2D eigenvalue weighted by molar-refractivity contribution is 5.42. The Balaban J connectivity index is 1.94. The minimum Gasteiger partial charge on any atom is -0.493 e. The van der Waals surface area contributed by atoms with Crippen LogP contribution in [0.15, 0.2) is 42.6 Å². The number of para-hydroxylation sites is 1. The van der Waals surface area contributed by atoms with Crippen molar-refractivity contribution in [2.24, 2.45) is 0 Å². The SMILES string of the molecule is CNC(c1ccc(C)nc1)C1COc2ccccc21. The first-order valence-corrected chi connectivity index (χ1v) is 6.61. The van der Waals surface area contributed by atoms with E-state index in [9.17, 15) is 0 Å². The molecule has 0 amide bonds. The molecule has 1 aromatic heterocycles. The van der Waals surface area contributed by atoms with E-state index < -0.39 is 0 Å². The fraction of sp³-hybridized carbons (Fsp3) is 0.312. The first kappa shape index (κ1) is 12.2. The maximum Gasteiger partial charge on any atom is 0.122 e. The van der Waals surface area contributed by atoms with Gasteiger partial charge in [0.05, 0.1) is 6.61 Å². The smallest absolute Gasteiger partial charge is 0.122 e. The number of aryl methyl sites for hydroxylation is 1. The average molecular weight is 254 g/mol. The van der Waals surface area contributed by atoms with Gasteiger partial charge in [0.15, 0.2) is 0 Å². The predicted molar refractivity (Wildman–Crippen MR) is 75.5 cm³/mol. The molecule has 1 N–H and O–H groups in total. The molecular weight excluding hydrogens is 236 g/mol. The van der Waals surface area contributed by atoms with Gasteiger partial charge in [-0.2, -0.15) is 0 Å². The van der Waals surface area contributed by atoms with E-state index in [-0.39, 0.29) is 6.04 Å². The van der Waals surface area contributed by atoms with Crippen molar-refractivity contribution in [3.63, 3.8) is 0 Å². The number of hydrogen-bond donors (Lipinski definition) is 1. The summed E-state index contributed by atoms with van der Waals surface area (Å²) in [6.07, 6.45) is 1.96. The summed E-state index contributed by atoms with van der Waals surface area (Å²) in [7, 11) is 1.99. The monoisotopic (exact) mass is 254 g/mol. The predicted octanol–water partition coefficient (Wildman–Crippen LogP) is 2.83. The van der Waals surface area contributed by atoms with Crippen molar-refractivity contribution in [1.82, 2.24) is 10.3 Å². The fourth-order valence-corrected chi connectivity index (χ4v) is 2.73. The Morgan fingerprint density at radius 1 is 1.26 bits per heavy atom. The lowest BCUT2D eigenvalue weighted by atomic mass is 9.89. The summed E-state index contributed by atoms with van der Waals surface area (Å²) in [5.74, 6) is 1.35. The first-order valence-electron chi connectivity index (χ1n) is 6.61. The van der Waals surface area contributed by atoms with Crippen LogP contribution in [0.25, 0.3) is 0 Å². The Morgan fingerprint density at radius 2 is 2.11 bits per heavy atom. The second kappa shape index (κ2) is 5.02. The summed E-state index contributed by atoms with van der Waals surface area (Å²) in [6.45, 7) is 2.73. The van der Waals surface area contributed by atoms with E-state index in [2.05, 4.69) is 34.6 Å². The second-order valence-corrected chi connectivity index (χ2v) is 4.95. The quantitative estimate of drug-likeness (QED) is 0.914. The molecule has 0 aliphatic carbocycles. The second-order valence-electron chi connectivity index (χ2n) is 4.95. The van der Waals surface area contributed by atoms with Crippen molar-refractivity contribution in [3.8, 4) is 5.75 Å². The Labute approximate surface area is 113 Å². The number of hydrogen-bond acceptors (Lipinski definition) is 3. The zero-order chi connectivity index (χ0) is 13.2. The van der Waals surface area contributed by atoms with Gasteiger partial charge in [-0.05, 0) is 31.7 Å². The maximum absolute atomic E-state index is 5.78. The van der Waals surface area contributed by atoms with Crippen LogP contribution in [0.2, 0.25) is 0 Å². The van der Waals surface area contributed by atoms with Crippen LogP contribution >= 0.6 is 0 Å². The van der Waals surface area contributed by atoms with Crippen LogP contribution < -0.4 is 10.1 Å². The highest BCUT2D eigenvalue weighted by atomic mass is 16.5. The molecule has 0 spiro atoms. The van der Waals surface area contributed by atoms with Gasteiger partial charge in [-0.3, -0.25) is 4.98 Å². The standard InChI is InChI=1S/C16H18N2O/c1-11-7-8-12(9-18-11)16(17-2)14-10-19-15-6-4-3-5-13(14)15/h3-9,14,16-17H,10H2,1-2H3. The minimum atomic E-state index is 0.233. The van der Waals surface area contributed by atoms with E-state index in [0.717, 1.165) is 18.1 Å². The molecule has 1 aliphatic rings. The zero-order valence-corrected chi connectivity index (χ0v) is 11.3. The van der Waals surface area contributed by atoms with Gasteiger partial charge in [-0.25, -0.2) is 0 Å². The molecular formula is C16H18N2O. The lowest BCUT2D eigenvalue weighted by Crippen LogP contribution is -2.25. The van der Waals surface area contributed by atoms with Crippen molar-refractivity contribution in [1.29, 1.82) is 0 Å². The third-order valence-electron chi connectivity index (χ3n) is 3.74. The summed E-state index contributed by atoms with van der Waals surface area (Å²) < 4.78 is 5.78. The summed E-state index contributed by atoms with van der Waals surface area (Å²) in [5.41, 5.74) is 3.53. The number of aromatic nitrogens is 1. The number of fused-ring (bicyclic) bond motifs is 1. The van der Waals surface area contributed by atoms with Gasteiger partial charge in [0.1, 0.15) is 5.75 Å². The Hall–Kier alpha value is -1.87. The van der Waals surface area contributed by atoms with Gasteiger partial charge in [0.2, 0.25) is 0 Å². The van der Waals surface area contributed by atoms with Gasteiger partial charge < -0.3 is 10.1 Å². The molecule has 3 rings (SSSR count). The van der Waals surface area contributed by atoms with Gasteiger partial charge >= 0.3 is 0 Å². The van der Waals surface area contributed by atoms with E-state index in [1.165, 1.54) is 11.1 Å². The van der Waals surface area contributed by atoms with Crippen molar-refractivity contribution in [2.75, 3.05) is 13.7 Å². The van der Waals surface area contributed by atoms with Crippen LogP contribution in [-0.4, -0.2) is 18.6 Å². The van der Waals surface area contributed by atoms with Crippen molar-refractivity contribution < 1.29 is 4.74 Å². The molecule has 2 atom stereocenters. The average Bonchev–Trinajstić information content (AvgIpc) is 2.86. The molecule has 98 valence electrons. The van der Waals surface area contributed by atoms with Crippen LogP contribution in [0.5, 0.6) is 5.75 Å². The first-order chi connectivity index (χ1) is 9.29. The van der Waals surface area contributed by atoms with Gasteiger partial charge in [0.25, 0.3) is 0 Å². The van der Waals surface area contributed by atoms with Crippen LogP contribution in [-0.2, 0) is 0 Å². The number of benzene rings is 1. The van der Waals surface area contributed by atoms with E-state index in [1.54, 1.807) is 0 Å². The van der Waals surface area contributed by atoms with E-state index in [0.29, 0.717) is 5.92 Å². The zero-order valence-electron chi connectivity index (χ0n) is 11.3. The fourth-order valence-electron chi connectivity index (χ4n) is 2.73. The highest BCUT2D eigenvalue weighted by Crippen LogP contribution is 2.40. The molecule has 0 saturated carbocycles. The third-order valence-corrected chi connectivity index (χ3v) is 3.74. The lowest BCUT2D eigenvalue weighted by molar-refractivity contribution is 0.304. The molecule has 2 aromatic rings. The van der Waals surface area contributed by atoms with Crippen molar-refractivity contribution >= 4 is 0 Å². The molecule has 1 aromatic carbocycles. The number of nitrogens with zero attached hydrogens (tertiary/aromatic N) is 1. The normalized spacial score (nSPS) is 18.7. The topological polar surface area (TPSA) is 34.2 Å². The third kappa shape index (κ3) is 2.22. The summed E-state index contributed by atoms with van der Waals surface area (Å²) in [4.78, 5) is 4.39. The van der Waals surface area contributed by atoms with Crippen molar-refractivity contribution in [2.45, 2.75) is 18.9 Å². The number of rotatable bonds is 3. The highest BCUT2D eigenvalue weighted by Gasteiger charge is 2.31. The Kier molecular flexibility index (Phi) is 3.22.